The molecule has 1 N–H and O–H groups in total. The zero-order chi connectivity index (χ0) is 23.6. The van der Waals surface area contributed by atoms with Gasteiger partial charge < -0.3 is 5.41 Å². The molecule has 0 saturated carbocycles. The third-order valence-electron chi connectivity index (χ3n) is 3.43. The number of halogens is 1. The Balaban J connectivity index is 0.00000116. The highest BCUT2D eigenvalue weighted by Gasteiger charge is 2.18. The average molecular weight is 506 g/mol. The SMILES string of the molecule is CC.CC.CC=N.CS(=O)/C=N/Cn1nc(-c2ccccc2)c(Br)c1-c1ccccc1. The smallest absolute Gasteiger partial charge is 0.132 e. The van der Waals surface area contributed by atoms with Crippen LogP contribution in [-0.2, 0) is 17.5 Å². The number of benzene rings is 2. The number of aliphatic imine (C=N–C) groups is 1. The topological polar surface area (TPSA) is 71.1 Å². The fourth-order valence-corrected chi connectivity index (χ4v) is 3.43. The van der Waals surface area contributed by atoms with Crippen molar-refractivity contribution in [3.05, 3.63) is 65.1 Å². The van der Waals surface area contributed by atoms with Crippen LogP contribution in [0.5, 0.6) is 0 Å². The summed E-state index contributed by atoms with van der Waals surface area (Å²) in [6, 6.07) is 20.0. The van der Waals surface area contributed by atoms with E-state index in [1.807, 2.05) is 93.0 Å². The largest absolute Gasteiger partial charge is 0.313 e. The lowest BCUT2D eigenvalue weighted by Crippen LogP contribution is -2.01. The third-order valence-corrected chi connectivity index (χ3v) is 4.62. The summed E-state index contributed by atoms with van der Waals surface area (Å²) in [5.74, 6) is 0. The highest BCUT2D eigenvalue weighted by molar-refractivity contribution is 9.10. The maximum Gasteiger partial charge on any atom is 0.132 e. The predicted octanol–water partition coefficient (Wildman–Crippen LogP) is 7.05. The van der Waals surface area contributed by atoms with Crippen LogP contribution in [0.4, 0.5) is 0 Å². The van der Waals surface area contributed by atoms with E-state index in [-0.39, 0.29) is 0 Å². The second-order valence-corrected chi connectivity index (χ2v) is 7.46. The Labute approximate surface area is 197 Å². The van der Waals surface area contributed by atoms with Crippen molar-refractivity contribution in [2.45, 2.75) is 41.3 Å². The van der Waals surface area contributed by atoms with Crippen LogP contribution in [0.3, 0.4) is 0 Å². The molecule has 0 amide bonds. The van der Waals surface area contributed by atoms with Crippen molar-refractivity contribution in [2.75, 3.05) is 6.26 Å². The van der Waals surface area contributed by atoms with Crippen LogP contribution >= 0.6 is 15.9 Å². The van der Waals surface area contributed by atoms with E-state index < -0.39 is 10.8 Å². The molecule has 0 aliphatic heterocycles. The molecular formula is C24H33BrN4OS. The lowest BCUT2D eigenvalue weighted by atomic mass is 10.1. The van der Waals surface area contributed by atoms with Gasteiger partial charge in [0.1, 0.15) is 12.4 Å². The molecule has 1 aromatic heterocycles. The van der Waals surface area contributed by atoms with Crippen molar-refractivity contribution in [3.63, 3.8) is 0 Å². The van der Waals surface area contributed by atoms with Gasteiger partial charge in [0.05, 0.1) is 26.5 Å². The first-order valence-electron chi connectivity index (χ1n) is 10.2. The van der Waals surface area contributed by atoms with Crippen LogP contribution in [0.15, 0.2) is 70.1 Å². The number of nitrogens with zero attached hydrogens (tertiary/aromatic N) is 3. The second-order valence-electron chi connectivity index (χ2n) is 5.46. The number of nitrogens with one attached hydrogen (secondary N) is 1. The standard InChI is InChI=1S/C18H16BrN3OS.C2H5N.2C2H6/c1-24(23)13-20-12-22-18(15-10-6-3-7-11-15)16(19)17(21-22)14-8-4-2-5-9-14;1-2-3;2*1-2/h2-11,13H,12H2,1H3;2-3H,1H3;2*1-2H3/b20-13+;;;. The molecule has 31 heavy (non-hydrogen) atoms. The van der Waals surface area contributed by atoms with Crippen molar-refractivity contribution in [1.29, 1.82) is 5.41 Å². The number of hydrogen-bond acceptors (Lipinski definition) is 4. The van der Waals surface area contributed by atoms with E-state index in [4.69, 9.17) is 10.5 Å². The van der Waals surface area contributed by atoms with Gasteiger partial charge in [-0.05, 0) is 29.1 Å². The number of aromatic nitrogens is 2. The summed E-state index contributed by atoms with van der Waals surface area (Å²) in [6.07, 6.45) is 2.84. The molecule has 7 heteroatoms. The molecule has 2 aromatic carbocycles. The molecule has 1 atom stereocenters. The molecule has 1 heterocycles. The van der Waals surface area contributed by atoms with Gasteiger partial charge in [0.25, 0.3) is 0 Å². The van der Waals surface area contributed by atoms with E-state index in [0.717, 1.165) is 27.0 Å². The summed E-state index contributed by atoms with van der Waals surface area (Å²) in [5, 5.41) is 10.8. The van der Waals surface area contributed by atoms with E-state index in [1.54, 1.807) is 13.2 Å². The van der Waals surface area contributed by atoms with Crippen molar-refractivity contribution in [2.24, 2.45) is 4.99 Å². The minimum atomic E-state index is -1.07. The minimum absolute atomic E-state index is 0.315. The molecule has 0 fully saturated rings. The fourth-order valence-electron chi connectivity index (χ4n) is 2.41. The van der Waals surface area contributed by atoms with Gasteiger partial charge >= 0.3 is 0 Å². The second kappa shape index (κ2) is 17.3. The molecule has 1 unspecified atom stereocenters. The zero-order valence-electron chi connectivity index (χ0n) is 19.2. The van der Waals surface area contributed by atoms with Gasteiger partial charge in [0, 0.05) is 17.4 Å². The van der Waals surface area contributed by atoms with Gasteiger partial charge in [-0.25, -0.2) is 4.68 Å². The summed E-state index contributed by atoms with van der Waals surface area (Å²) in [4.78, 5) is 4.23. The van der Waals surface area contributed by atoms with Crippen LogP contribution < -0.4 is 0 Å². The van der Waals surface area contributed by atoms with Gasteiger partial charge in [0.15, 0.2) is 0 Å². The van der Waals surface area contributed by atoms with Crippen LogP contribution in [0.25, 0.3) is 22.5 Å². The average Bonchev–Trinajstić information content (AvgIpc) is 3.14. The van der Waals surface area contributed by atoms with E-state index in [2.05, 4.69) is 20.9 Å². The lowest BCUT2D eigenvalue weighted by molar-refractivity contribution is 0.651. The maximum atomic E-state index is 11.2. The summed E-state index contributed by atoms with van der Waals surface area (Å²) < 4.78 is 14.0. The third kappa shape index (κ3) is 9.53. The normalized spacial score (nSPS) is 10.5. The van der Waals surface area contributed by atoms with Crippen molar-refractivity contribution >= 4 is 38.5 Å². The Morgan fingerprint density at radius 3 is 1.90 bits per heavy atom. The summed E-state index contributed by atoms with van der Waals surface area (Å²) in [5.41, 5.74) is 5.33. The Hall–Kier alpha value is -2.38. The van der Waals surface area contributed by atoms with Gasteiger partial charge in [0.2, 0.25) is 0 Å². The molecule has 3 aromatic rings. The quantitative estimate of drug-likeness (QED) is 0.298. The predicted molar refractivity (Wildman–Crippen MR) is 141 cm³/mol. The molecule has 0 saturated heterocycles. The van der Waals surface area contributed by atoms with Gasteiger partial charge in [-0.1, -0.05) is 88.4 Å². The van der Waals surface area contributed by atoms with Crippen molar-refractivity contribution < 1.29 is 4.21 Å². The lowest BCUT2D eigenvalue weighted by Gasteiger charge is -2.05. The van der Waals surface area contributed by atoms with Crippen LogP contribution in [0.1, 0.15) is 34.6 Å². The summed E-state index contributed by atoms with van der Waals surface area (Å²) >= 11 is 3.70. The molecule has 0 radical (unpaired) electrons. The van der Waals surface area contributed by atoms with Gasteiger partial charge in [-0.2, -0.15) is 5.10 Å². The molecule has 0 aliphatic rings. The van der Waals surface area contributed by atoms with E-state index in [9.17, 15) is 4.21 Å². The van der Waals surface area contributed by atoms with Crippen molar-refractivity contribution in [3.8, 4) is 22.5 Å². The summed E-state index contributed by atoms with van der Waals surface area (Å²) in [7, 11) is -1.07. The highest BCUT2D eigenvalue weighted by atomic mass is 79.9. The number of hydrogen-bond donors (Lipinski definition) is 1. The molecule has 168 valence electrons. The van der Waals surface area contributed by atoms with E-state index >= 15 is 0 Å². The maximum absolute atomic E-state index is 11.2. The monoisotopic (exact) mass is 504 g/mol. The minimum Gasteiger partial charge on any atom is -0.313 e. The Morgan fingerprint density at radius 2 is 1.45 bits per heavy atom. The van der Waals surface area contributed by atoms with Crippen molar-refractivity contribution in [1.82, 2.24) is 9.78 Å². The molecule has 0 aliphatic carbocycles. The first kappa shape index (κ1) is 28.6. The van der Waals surface area contributed by atoms with E-state index in [0.29, 0.717) is 6.67 Å². The van der Waals surface area contributed by atoms with Crippen LogP contribution in [0, 0.1) is 5.41 Å². The van der Waals surface area contributed by atoms with Gasteiger partial charge in [-0.3, -0.25) is 9.20 Å². The van der Waals surface area contributed by atoms with E-state index in [1.165, 1.54) is 11.8 Å². The summed E-state index contributed by atoms with van der Waals surface area (Å²) in [6.45, 7) is 9.98. The first-order chi connectivity index (χ1) is 15.1. The molecule has 0 spiro atoms. The van der Waals surface area contributed by atoms with Crippen LogP contribution in [0.2, 0.25) is 0 Å². The Bertz CT molecular complexity index is 926. The van der Waals surface area contributed by atoms with Crippen LogP contribution in [-0.4, -0.2) is 32.0 Å². The Morgan fingerprint density at radius 1 is 1.00 bits per heavy atom. The highest BCUT2D eigenvalue weighted by Crippen LogP contribution is 2.36. The Kier molecular flexibility index (Phi) is 16.0. The first-order valence-corrected chi connectivity index (χ1v) is 12.6. The molecular weight excluding hydrogens is 472 g/mol. The molecule has 5 nitrogen and oxygen atoms in total. The number of rotatable bonds is 5. The zero-order valence-corrected chi connectivity index (χ0v) is 21.6. The molecule has 3 rings (SSSR count). The molecule has 0 bridgehead atoms. The fraction of sp³-hybridized carbons (Fsp3) is 0.292. The van der Waals surface area contributed by atoms with Gasteiger partial charge in [-0.15, -0.1) is 0 Å².